The zero-order valence-electron chi connectivity index (χ0n) is 11.2. The predicted octanol–water partition coefficient (Wildman–Crippen LogP) is 4.27. The minimum atomic E-state index is 1.13. The number of hydrogen-bond donors (Lipinski definition) is 0. The zero-order chi connectivity index (χ0) is 13.2. The Kier molecular flexibility index (Phi) is 2.92. The summed E-state index contributed by atoms with van der Waals surface area (Å²) in [7, 11) is 2.10. The maximum absolute atomic E-state index is 4.33. The van der Waals surface area contributed by atoms with E-state index < -0.39 is 0 Å². The fraction of sp³-hybridized carbons (Fsp3) is 0.118. The molecular weight excluding hydrogens is 232 g/mol. The molecule has 0 spiro atoms. The molecule has 2 aromatic heterocycles. The number of benzene rings is 1. The molecule has 94 valence electrons. The van der Waals surface area contributed by atoms with Gasteiger partial charge < -0.3 is 4.57 Å². The Balaban J connectivity index is 2.18. The van der Waals surface area contributed by atoms with Crippen LogP contribution in [-0.4, -0.2) is 9.55 Å². The lowest BCUT2D eigenvalue weighted by Gasteiger charge is -2.05. The van der Waals surface area contributed by atoms with Gasteiger partial charge in [0.2, 0.25) is 0 Å². The average Bonchev–Trinajstić information content (AvgIpc) is 2.78. The number of nitrogens with zero attached hydrogens (tertiary/aromatic N) is 2. The SMILES string of the molecule is C/C=C/c1cncc(-c2cc3ccccc3n2C)c1. The lowest BCUT2D eigenvalue weighted by Crippen LogP contribution is -1.92. The number of aromatic nitrogens is 2. The van der Waals surface area contributed by atoms with E-state index in [0.29, 0.717) is 0 Å². The molecule has 0 bridgehead atoms. The van der Waals surface area contributed by atoms with Crippen molar-refractivity contribution in [3.05, 3.63) is 60.4 Å². The Morgan fingerprint density at radius 3 is 2.74 bits per heavy atom. The van der Waals surface area contributed by atoms with Crippen LogP contribution in [0.2, 0.25) is 0 Å². The molecule has 19 heavy (non-hydrogen) atoms. The molecule has 0 atom stereocenters. The molecule has 2 nitrogen and oxygen atoms in total. The quantitative estimate of drug-likeness (QED) is 0.662. The molecule has 0 saturated heterocycles. The highest BCUT2D eigenvalue weighted by atomic mass is 14.9. The van der Waals surface area contributed by atoms with Crippen molar-refractivity contribution in [3.8, 4) is 11.3 Å². The number of rotatable bonds is 2. The molecular formula is C17H16N2. The van der Waals surface area contributed by atoms with Crippen LogP contribution < -0.4 is 0 Å². The zero-order valence-corrected chi connectivity index (χ0v) is 11.2. The first-order chi connectivity index (χ1) is 9.29. The highest BCUT2D eigenvalue weighted by molar-refractivity contribution is 5.87. The normalized spacial score (nSPS) is 11.5. The van der Waals surface area contributed by atoms with Gasteiger partial charge in [-0.25, -0.2) is 0 Å². The van der Waals surface area contributed by atoms with E-state index in [0.717, 1.165) is 11.1 Å². The van der Waals surface area contributed by atoms with E-state index in [-0.39, 0.29) is 0 Å². The number of allylic oxidation sites excluding steroid dienone is 1. The number of hydrogen-bond acceptors (Lipinski definition) is 1. The lowest BCUT2D eigenvalue weighted by molar-refractivity contribution is 0.976. The molecule has 0 amide bonds. The van der Waals surface area contributed by atoms with Gasteiger partial charge in [0.1, 0.15) is 0 Å². The van der Waals surface area contributed by atoms with Crippen LogP contribution in [0.1, 0.15) is 12.5 Å². The molecule has 0 radical (unpaired) electrons. The van der Waals surface area contributed by atoms with Gasteiger partial charge in [-0.2, -0.15) is 0 Å². The summed E-state index contributed by atoms with van der Waals surface area (Å²) in [4.78, 5) is 4.33. The Labute approximate surface area is 113 Å². The Bertz CT molecular complexity index is 751. The molecule has 0 fully saturated rings. The van der Waals surface area contributed by atoms with Crippen molar-refractivity contribution in [2.45, 2.75) is 6.92 Å². The Morgan fingerprint density at radius 2 is 1.95 bits per heavy atom. The first-order valence-electron chi connectivity index (χ1n) is 6.42. The van der Waals surface area contributed by atoms with E-state index in [1.165, 1.54) is 16.6 Å². The molecule has 0 aliphatic rings. The maximum atomic E-state index is 4.33. The third kappa shape index (κ3) is 2.06. The fourth-order valence-electron chi connectivity index (χ4n) is 2.45. The fourth-order valence-corrected chi connectivity index (χ4v) is 2.45. The first kappa shape index (κ1) is 11.7. The second-order valence-corrected chi connectivity index (χ2v) is 4.65. The summed E-state index contributed by atoms with van der Waals surface area (Å²) in [6, 6.07) is 12.8. The molecule has 0 unspecified atom stereocenters. The third-order valence-corrected chi connectivity index (χ3v) is 3.37. The van der Waals surface area contributed by atoms with Gasteiger partial charge in [-0.05, 0) is 30.7 Å². The lowest BCUT2D eigenvalue weighted by atomic mass is 10.1. The van der Waals surface area contributed by atoms with Crippen molar-refractivity contribution in [2.24, 2.45) is 7.05 Å². The minimum Gasteiger partial charge on any atom is -0.344 e. The van der Waals surface area contributed by atoms with Crippen LogP contribution in [0.3, 0.4) is 0 Å². The van der Waals surface area contributed by atoms with Crippen molar-refractivity contribution >= 4 is 17.0 Å². The van der Waals surface area contributed by atoms with E-state index in [1.807, 2.05) is 25.4 Å². The molecule has 0 aliphatic heterocycles. The van der Waals surface area contributed by atoms with Gasteiger partial charge in [-0.1, -0.05) is 30.4 Å². The largest absolute Gasteiger partial charge is 0.344 e. The third-order valence-electron chi connectivity index (χ3n) is 3.37. The Hall–Kier alpha value is -2.35. The number of aryl methyl sites for hydroxylation is 1. The van der Waals surface area contributed by atoms with Crippen LogP contribution in [0.15, 0.2) is 54.9 Å². The summed E-state index contributed by atoms with van der Waals surface area (Å²) in [5, 5.41) is 1.26. The molecule has 0 aliphatic carbocycles. The van der Waals surface area contributed by atoms with Gasteiger partial charge in [-0.3, -0.25) is 4.98 Å². The maximum Gasteiger partial charge on any atom is 0.0504 e. The Morgan fingerprint density at radius 1 is 1.11 bits per heavy atom. The summed E-state index contributed by atoms with van der Waals surface area (Å²) in [5.74, 6) is 0. The van der Waals surface area contributed by atoms with Gasteiger partial charge in [0.25, 0.3) is 0 Å². The van der Waals surface area contributed by atoms with Crippen LogP contribution in [0.25, 0.3) is 28.2 Å². The standard InChI is InChI=1S/C17H16N2/c1-3-6-13-9-15(12-18-11-13)17-10-14-7-4-5-8-16(14)19(17)2/h3-12H,1-2H3/b6-3+. The van der Waals surface area contributed by atoms with E-state index in [1.54, 1.807) is 0 Å². The molecule has 1 aromatic carbocycles. The number of pyridine rings is 1. The van der Waals surface area contributed by atoms with Gasteiger partial charge in [0.05, 0.1) is 5.69 Å². The summed E-state index contributed by atoms with van der Waals surface area (Å²) in [5.41, 5.74) is 4.72. The van der Waals surface area contributed by atoms with Gasteiger partial charge in [-0.15, -0.1) is 0 Å². The topological polar surface area (TPSA) is 17.8 Å². The van der Waals surface area contributed by atoms with Crippen molar-refractivity contribution in [1.82, 2.24) is 9.55 Å². The molecule has 3 rings (SSSR count). The summed E-state index contributed by atoms with van der Waals surface area (Å²) >= 11 is 0. The predicted molar refractivity (Wildman–Crippen MR) is 80.9 cm³/mol. The monoisotopic (exact) mass is 248 g/mol. The van der Waals surface area contributed by atoms with E-state index in [9.17, 15) is 0 Å². The average molecular weight is 248 g/mol. The summed E-state index contributed by atoms with van der Waals surface area (Å²) in [6.07, 6.45) is 7.90. The minimum absolute atomic E-state index is 1.13. The summed E-state index contributed by atoms with van der Waals surface area (Å²) < 4.78 is 2.21. The highest BCUT2D eigenvalue weighted by Crippen LogP contribution is 2.27. The van der Waals surface area contributed by atoms with Crippen molar-refractivity contribution in [1.29, 1.82) is 0 Å². The highest BCUT2D eigenvalue weighted by Gasteiger charge is 2.07. The van der Waals surface area contributed by atoms with E-state index in [2.05, 4.69) is 59.1 Å². The molecule has 3 aromatic rings. The first-order valence-corrected chi connectivity index (χ1v) is 6.42. The number of fused-ring (bicyclic) bond motifs is 1. The molecule has 0 saturated carbocycles. The van der Waals surface area contributed by atoms with Crippen molar-refractivity contribution in [2.75, 3.05) is 0 Å². The molecule has 2 heterocycles. The van der Waals surface area contributed by atoms with Gasteiger partial charge in [0, 0.05) is 35.9 Å². The smallest absolute Gasteiger partial charge is 0.0504 e. The van der Waals surface area contributed by atoms with Crippen LogP contribution >= 0.6 is 0 Å². The second-order valence-electron chi connectivity index (χ2n) is 4.65. The molecule has 0 N–H and O–H groups in total. The van der Waals surface area contributed by atoms with Crippen LogP contribution in [0, 0.1) is 0 Å². The summed E-state index contributed by atoms with van der Waals surface area (Å²) in [6.45, 7) is 2.02. The number of para-hydroxylation sites is 1. The van der Waals surface area contributed by atoms with Crippen LogP contribution in [-0.2, 0) is 7.05 Å². The second kappa shape index (κ2) is 4.73. The van der Waals surface area contributed by atoms with E-state index in [4.69, 9.17) is 0 Å². The van der Waals surface area contributed by atoms with Crippen molar-refractivity contribution < 1.29 is 0 Å². The van der Waals surface area contributed by atoms with Crippen molar-refractivity contribution in [3.63, 3.8) is 0 Å². The van der Waals surface area contributed by atoms with Gasteiger partial charge >= 0.3 is 0 Å². The molecule has 2 heteroatoms. The van der Waals surface area contributed by atoms with E-state index >= 15 is 0 Å². The van der Waals surface area contributed by atoms with Crippen LogP contribution in [0.5, 0.6) is 0 Å². The van der Waals surface area contributed by atoms with Gasteiger partial charge in [0.15, 0.2) is 0 Å². The van der Waals surface area contributed by atoms with Crippen LogP contribution in [0.4, 0.5) is 0 Å².